The van der Waals surface area contributed by atoms with Gasteiger partial charge in [0.2, 0.25) is 5.95 Å². The van der Waals surface area contributed by atoms with E-state index in [1.54, 1.807) is 0 Å². The summed E-state index contributed by atoms with van der Waals surface area (Å²) in [6.45, 7) is 0. The number of fused-ring (bicyclic) bond motifs is 24. The molecule has 0 N–H and O–H groups in total. The van der Waals surface area contributed by atoms with Crippen molar-refractivity contribution >= 4 is 174 Å². The molecule has 0 radical (unpaired) electrons. The lowest BCUT2D eigenvalue weighted by Crippen LogP contribution is -2.07. The third-order valence-corrected chi connectivity index (χ3v) is 29.4. The van der Waals surface area contributed by atoms with Crippen LogP contribution in [0.5, 0.6) is 0 Å². The van der Waals surface area contributed by atoms with Crippen LogP contribution in [0.2, 0.25) is 0 Å². The Morgan fingerprint density at radius 1 is 0.176 bits per heavy atom. The van der Waals surface area contributed by atoms with Crippen molar-refractivity contribution in [1.82, 2.24) is 62.3 Å². The number of hydrogen-bond acceptors (Lipinski definition) is 7. The van der Waals surface area contributed by atoms with E-state index in [1.165, 1.54) is 21.5 Å². The predicted molar refractivity (Wildman–Crippen MR) is 585 cm³/mol. The molecule has 0 atom stereocenters. The maximum absolute atomic E-state index is 5.72. The molecule has 0 saturated carbocycles. The van der Waals surface area contributed by atoms with Crippen molar-refractivity contribution < 1.29 is 0 Å². The number of hydrogen-bond donors (Lipinski definition) is 0. The third kappa shape index (κ3) is 12.0. The Morgan fingerprint density at radius 2 is 0.641 bits per heavy atom. The summed E-state index contributed by atoms with van der Waals surface area (Å²) in [6, 6.07) is 165. The van der Waals surface area contributed by atoms with Gasteiger partial charge in [-0.05, 0) is 217 Å². The zero-order chi connectivity index (χ0) is 92.9. The van der Waals surface area contributed by atoms with Gasteiger partial charge in [-0.2, -0.15) is 9.97 Å². The Bertz CT molecular complexity index is 10600. The number of nitrogens with zero attached hydrogens (tertiary/aromatic N) is 13. The number of aromatic nitrogens is 13. The van der Waals surface area contributed by atoms with E-state index in [-0.39, 0.29) is 0 Å². The molecule has 13 heteroatoms. The first-order chi connectivity index (χ1) is 70.4. The molecule has 0 spiro atoms. The Kier molecular flexibility index (Phi) is 17.3. The van der Waals surface area contributed by atoms with Crippen molar-refractivity contribution in [2.45, 2.75) is 0 Å². The lowest BCUT2D eigenvalue weighted by molar-refractivity contribution is 0.955. The van der Waals surface area contributed by atoms with Gasteiger partial charge < -0.3 is 9.13 Å². The molecule has 0 fully saturated rings. The second-order valence-electron chi connectivity index (χ2n) is 37.0. The van der Waals surface area contributed by atoms with Gasteiger partial charge in [0, 0.05) is 105 Å². The van der Waals surface area contributed by atoms with Crippen molar-refractivity contribution in [2.75, 3.05) is 0 Å². The van der Waals surface area contributed by atoms with Gasteiger partial charge in [0.15, 0.2) is 11.6 Å². The highest BCUT2D eigenvalue weighted by molar-refractivity contribution is 6.29. The van der Waals surface area contributed by atoms with Crippen LogP contribution in [0.1, 0.15) is 0 Å². The first-order valence-electron chi connectivity index (χ1n) is 48.1. The Balaban J connectivity index is 0.520. The zero-order valence-corrected chi connectivity index (χ0v) is 76.3. The molecule has 0 unspecified atom stereocenters. The maximum atomic E-state index is 5.72. The van der Waals surface area contributed by atoms with Crippen LogP contribution in [-0.4, -0.2) is 62.3 Å². The molecule has 13 nitrogen and oxygen atoms in total. The van der Waals surface area contributed by atoms with Crippen molar-refractivity contribution in [1.29, 1.82) is 0 Å². The van der Waals surface area contributed by atoms with E-state index in [0.29, 0.717) is 17.6 Å². The molecular weight excluding hydrogens is 1730 g/mol. The Hall–Kier alpha value is -19.4. The highest BCUT2D eigenvalue weighted by Gasteiger charge is 2.30. The SMILES string of the molecule is c1ccc(-c2cccc(-n3c4ccccc4c4cc5c6ccccc6n(-c6ccc(-c7cccc(-c8cc(-n9c%10ccccc%10c%10c9ccc9c%11ccccc%11n(-c%11cc(-c%12ccc(-c%13ccc(-c%14nc(-c%15cccc%16ccccc%15%16)nc(-n%15c%16ccccc%16c%16c%15ccc%15c%17ccccc%17n(-c%17ccccn%17)c%15%16)n%14)c%14ccccc%13%14)cc%12)c%12ccccc%12n%11)c9%10)c9ccccc9c8)c7)cc6)c5cc43)n2)nc1. The summed E-state index contributed by atoms with van der Waals surface area (Å²) >= 11 is 0. The second kappa shape index (κ2) is 31.1. The average Bonchev–Trinajstić information content (AvgIpc) is 1.61. The van der Waals surface area contributed by atoms with Crippen molar-refractivity contribution in [2.24, 2.45) is 0 Å². The topological polar surface area (TPSA) is 120 Å². The molecule has 19 aromatic carbocycles. The molecule has 11 heterocycles. The molecule has 0 aliphatic heterocycles. The lowest BCUT2D eigenvalue weighted by atomic mass is 9.93. The first-order valence-corrected chi connectivity index (χ1v) is 48.1. The summed E-state index contributed by atoms with van der Waals surface area (Å²) < 4.78 is 14.2. The van der Waals surface area contributed by atoms with E-state index in [9.17, 15) is 0 Å². The van der Waals surface area contributed by atoms with E-state index >= 15 is 0 Å². The molecule has 142 heavy (non-hydrogen) atoms. The van der Waals surface area contributed by atoms with Crippen LogP contribution in [0, 0.1) is 0 Å². The summed E-state index contributed by atoms with van der Waals surface area (Å²) in [5.74, 6) is 4.16. The Labute approximate surface area is 811 Å². The van der Waals surface area contributed by atoms with Crippen LogP contribution >= 0.6 is 0 Å². The van der Waals surface area contributed by atoms with Gasteiger partial charge in [-0.25, -0.2) is 19.9 Å². The number of para-hydroxylation sites is 7. The van der Waals surface area contributed by atoms with Crippen LogP contribution < -0.4 is 0 Å². The number of pyridine rings is 4. The summed E-state index contributed by atoms with van der Waals surface area (Å²) in [5.41, 5.74) is 28.2. The molecule has 30 rings (SSSR count). The zero-order valence-electron chi connectivity index (χ0n) is 76.3. The maximum Gasteiger partial charge on any atom is 0.238 e. The van der Waals surface area contributed by atoms with Crippen molar-refractivity contribution in [3.8, 4) is 113 Å². The monoisotopic (exact) mass is 1810 g/mol. The van der Waals surface area contributed by atoms with Crippen LogP contribution in [0.4, 0.5) is 0 Å². The third-order valence-electron chi connectivity index (χ3n) is 29.4. The predicted octanol–water partition coefficient (Wildman–Crippen LogP) is 32.3. The van der Waals surface area contributed by atoms with E-state index in [4.69, 9.17) is 29.9 Å². The molecule has 0 aliphatic carbocycles. The summed E-state index contributed by atoms with van der Waals surface area (Å²) in [7, 11) is 0. The van der Waals surface area contributed by atoms with Crippen LogP contribution in [-0.2, 0) is 0 Å². The van der Waals surface area contributed by atoms with E-state index in [0.717, 1.165) is 248 Å². The smallest absolute Gasteiger partial charge is 0.238 e. The summed E-state index contributed by atoms with van der Waals surface area (Å²) in [4.78, 5) is 37.4. The van der Waals surface area contributed by atoms with Gasteiger partial charge in [0.05, 0.1) is 88.8 Å². The standard InChI is InChI=1S/C129H77N13/c1-3-33-87-79(28-1)30-26-44-99(87)127-134-128(136-129(135-127)140-114-53-20-13-43-102(114)124-116(140)69-67-97-93-38-8-17-50-111(93)141(125(97)124)120-54-22-24-71-131-120)100-65-64-88(90-35-5-6-36-91(90)100)80-56-58-81(59-57-80)103-76-122(132-106-45-14-7-37-92(103)106)142-112-51-18-9-39-94(112)98-66-68-115-123(126(98)142)101-42-12-19-52-113(101)138(115)117-74-85(73-84-29-2-4-34-89(84)117)83-32-25-31-82(72-83)78-60-62-86(63-61-78)137-109-48-15-10-40-95(109)104-75-105-96-41-11-16-49-110(96)139(119(105)77-118(104)137)121-55-27-47-108(133-121)107-46-21-23-70-130-107/h1-77H. The Morgan fingerprint density at radius 3 is 1.30 bits per heavy atom. The molecule has 0 aliphatic rings. The largest absolute Gasteiger partial charge is 0.309 e. The van der Waals surface area contributed by atoms with Gasteiger partial charge in [0.1, 0.15) is 17.5 Å². The fraction of sp³-hybridized carbons (Fsp3) is 0. The van der Waals surface area contributed by atoms with Crippen molar-refractivity contribution in [3.05, 3.63) is 467 Å². The van der Waals surface area contributed by atoms with Crippen LogP contribution in [0.3, 0.4) is 0 Å². The van der Waals surface area contributed by atoms with Gasteiger partial charge in [-0.3, -0.25) is 23.3 Å². The number of rotatable bonds is 13. The molecule has 0 bridgehead atoms. The van der Waals surface area contributed by atoms with Gasteiger partial charge in [-0.15, -0.1) is 0 Å². The summed E-state index contributed by atoms with van der Waals surface area (Å²) in [5, 5.41) is 21.4. The van der Waals surface area contributed by atoms with Gasteiger partial charge >= 0.3 is 0 Å². The number of benzene rings is 19. The fourth-order valence-corrected chi connectivity index (χ4v) is 23.2. The van der Waals surface area contributed by atoms with Crippen LogP contribution in [0.15, 0.2) is 467 Å². The molecular formula is C129H77N13. The molecule has 0 amide bonds. The van der Waals surface area contributed by atoms with Gasteiger partial charge in [-0.1, -0.05) is 309 Å². The normalized spacial score (nSPS) is 12.1. The second-order valence-corrected chi connectivity index (χ2v) is 37.0. The first kappa shape index (κ1) is 78.9. The minimum Gasteiger partial charge on any atom is -0.309 e. The molecule has 30 aromatic rings. The quantitative estimate of drug-likeness (QED) is 0.113. The highest BCUT2D eigenvalue weighted by atomic mass is 15.2. The fourth-order valence-electron chi connectivity index (χ4n) is 23.2. The minimum absolute atomic E-state index is 0.513. The summed E-state index contributed by atoms with van der Waals surface area (Å²) in [6.07, 6.45) is 3.69. The lowest BCUT2D eigenvalue weighted by Gasteiger charge is -2.16. The molecule has 0 saturated heterocycles. The van der Waals surface area contributed by atoms with Crippen molar-refractivity contribution in [3.63, 3.8) is 0 Å². The van der Waals surface area contributed by atoms with Gasteiger partial charge in [0.25, 0.3) is 0 Å². The molecule has 658 valence electrons. The van der Waals surface area contributed by atoms with E-state index in [2.05, 4.69) is 457 Å². The minimum atomic E-state index is 0.513. The van der Waals surface area contributed by atoms with Crippen LogP contribution in [0.25, 0.3) is 288 Å². The highest BCUT2D eigenvalue weighted by Crippen LogP contribution is 2.50. The van der Waals surface area contributed by atoms with E-state index in [1.807, 2.05) is 42.7 Å². The van der Waals surface area contributed by atoms with E-state index < -0.39 is 0 Å². The molecule has 11 aromatic heterocycles. The average molecular weight is 1810 g/mol.